The highest BCUT2D eigenvalue weighted by molar-refractivity contribution is 5.58. The van der Waals surface area contributed by atoms with Crippen LogP contribution in [0.4, 0.5) is 5.69 Å². The van der Waals surface area contributed by atoms with Crippen molar-refractivity contribution in [1.82, 2.24) is 0 Å². The van der Waals surface area contributed by atoms with Crippen molar-refractivity contribution >= 4 is 5.69 Å². The minimum Gasteiger partial charge on any atom is -0.496 e. The van der Waals surface area contributed by atoms with Gasteiger partial charge in [0, 0.05) is 5.69 Å². The zero-order chi connectivity index (χ0) is 9.84. The van der Waals surface area contributed by atoms with Crippen LogP contribution in [0, 0.1) is 13.8 Å². The molecule has 0 atom stereocenters. The summed E-state index contributed by atoms with van der Waals surface area (Å²) >= 11 is 0. The fraction of sp³-hybridized carbons (Fsp3) is 0.400. The monoisotopic (exact) mass is 180 g/mol. The molecule has 1 aromatic carbocycles. The Bertz CT molecular complexity index is 297. The molecule has 0 aliphatic rings. The highest BCUT2D eigenvalue weighted by atomic mass is 16.5. The molecule has 3 heteroatoms. The van der Waals surface area contributed by atoms with Crippen molar-refractivity contribution in [3.05, 3.63) is 23.3 Å². The Labute approximate surface area is 78.9 Å². The van der Waals surface area contributed by atoms with E-state index in [1.165, 1.54) is 5.56 Å². The van der Waals surface area contributed by atoms with Crippen LogP contribution in [0.3, 0.4) is 0 Å². The van der Waals surface area contributed by atoms with E-state index in [9.17, 15) is 0 Å². The first-order valence-electron chi connectivity index (χ1n) is 4.28. The van der Waals surface area contributed by atoms with Crippen LogP contribution in [0.1, 0.15) is 11.1 Å². The Morgan fingerprint density at radius 2 is 2.00 bits per heavy atom. The van der Waals surface area contributed by atoms with Crippen LogP contribution in [0.15, 0.2) is 12.1 Å². The van der Waals surface area contributed by atoms with Gasteiger partial charge in [-0.1, -0.05) is 0 Å². The van der Waals surface area contributed by atoms with Crippen molar-refractivity contribution in [1.29, 1.82) is 0 Å². The molecule has 3 N–H and O–H groups in total. The molecule has 0 fully saturated rings. The van der Waals surface area contributed by atoms with E-state index in [4.69, 9.17) is 10.5 Å². The molecule has 0 bridgehead atoms. The van der Waals surface area contributed by atoms with Crippen LogP contribution in [0.5, 0.6) is 5.75 Å². The SMILES string of the molecule is COc1ccc(NCN)c(C)c1C. The molecule has 0 saturated heterocycles. The zero-order valence-corrected chi connectivity index (χ0v) is 8.35. The van der Waals surface area contributed by atoms with Crippen LogP contribution in [-0.2, 0) is 0 Å². The molecule has 13 heavy (non-hydrogen) atoms. The molecule has 0 heterocycles. The van der Waals surface area contributed by atoms with Gasteiger partial charge in [-0.25, -0.2) is 0 Å². The fourth-order valence-corrected chi connectivity index (χ4v) is 1.32. The van der Waals surface area contributed by atoms with Gasteiger partial charge < -0.3 is 15.8 Å². The Morgan fingerprint density at radius 3 is 2.54 bits per heavy atom. The second kappa shape index (κ2) is 4.14. The van der Waals surface area contributed by atoms with Crippen LogP contribution in [0.25, 0.3) is 0 Å². The fourth-order valence-electron chi connectivity index (χ4n) is 1.32. The molecule has 0 aliphatic heterocycles. The zero-order valence-electron chi connectivity index (χ0n) is 8.35. The van der Waals surface area contributed by atoms with Crippen LogP contribution in [0.2, 0.25) is 0 Å². The van der Waals surface area contributed by atoms with Gasteiger partial charge in [0.15, 0.2) is 0 Å². The molecule has 1 rings (SSSR count). The molecule has 1 aromatic rings. The lowest BCUT2D eigenvalue weighted by molar-refractivity contribution is 0.411. The number of hydrogen-bond donors (Lipinski definition) is 2. The second-order valence-corrected chi connectivity index (χ2v) is 2.95. The summed E-state index contributed by atoms with van der Waals surface area (Å²) in [6.07, 6.45) is 0. The lowest BCUT2D eigenvalue weighted by Crippen LogP contribution is -2.12. The van der Waals surface area contributed by atoms with E-state index in [1.54, 1.807) is 7.11 Å². The topological polar surface area (TPSA) is 47.3 Å². The first-order chi connectivity index (χ1) is 6.20. The molecule has 0 aliphatic carbocycles. The third-order valence-corrected chi connectivity index (χ3v) is 2.25. The number of hydrogen-bond acceptors (Lipinski definition) is 3. The van der Waals surface area contributed by atoms with Gasteiger partial charge in [0.2, 0.25) is 0 Å². The maximum absolute atomic E-state index is 5.41. The first kappa shape index (κ1) is 9.86. The summed E-state index contributed by atoms with van der Waals surface area (Å²) in [6, 6.07) is 3.92. The van der Waals surface area contributed by atoms with E-state index in [2.05, 4.69) is 12.2 Å². The van der Waals surface area contributed by atoms with Crippen molar-refractivity contribution < 1.29 is 4.74 Å². The van der Waals surface area contributed by atoms with E-state index < -0.39 is 0 Å². The van der Waals surface area contributed by atoms with Crippen molar-refractivity contribution in [3.63, 3.8) is 0 Å². The molecule has 0 unspecified atom stereocenters. The second-order valence-electron chi connectivity index (χ2n) is 2.95. The third-order valence-electron chi connectivity index (χ3n) is 2.25. The van der Waals surface area contributed by atoms with Crippen molar-refractivity contribution in [3.8, 4) is 5.75 Å². The third kappa shape index (κ3) is 1.92. The molecule has 72 valence electrons. The van der Waals surface area contributed by atoms with Gasteiger partial charge in [-0.2, -0.15) is 0 Å². The van der Waals surface area contributed by atoms with Gasteiger partial charge >= 0.3 is 0 Å². The van der Waals surface area contributed by atoms with Gasteiger partial charge in [-0.3, -0.25) is 0 Å². The molecular weight excluding hydrogens is 164 g/mol. The van der Waals surface area contributed by atoms with Crippen molar-refractivity contribution in [2.75, 3.05) is 19.1 Å². The number of benzene rings is 1. The summed E-state index contributed by atoms with van der Waals surface area (Å²) in [5, 5.41) is 3.09. The lowest BCUT2D eigenvalue weighted by atomic mass is 10.1. The Hall–Kier alpha value is -1.22. The predicted octanol–water partition coefficient (Wildman–Crippen LogP) is 1.64. The molecular formula is C10H16N2O. The summed E-state index contributed by atoms with van der Waals surface area (Å²) in [4.78, 5) is 0. The van der Waals surface area contributed by atoms with E-state index in [0.717, 1.165) is 17.0 Å². The highest BCUT2D eigenvalue weighted by Crippen LogP contribution is 2.26. The Balaban J connectivity index is 3.07. The van der Waals surface area contributed by atoms with Gasteiger partial charge in [0.1, 0.15) is 5.75 Å². The molecule has 0 spiro atoms. The number of anilines is 1. The summed E-state index contributed by atoms with van der Waals surface area (Å²) < 4.78 is 5.20. The van der Waals surface area contributed by atoms with Gasteiger partial charge in [0.05, 0.1) is 13.8 Å². The van der Waals surface area contributed by atoms with Gasteiger partial charge in [0.25, 0.3) is 0 Å². The number of rotatable bonds is 3. The highest BCUT2D eigenvalue weighted by Gasteiger charge is 2.04. The number of nitrogens with two attached hydrogens (primary N) is 1. The Morgan fingerprint density at radius 1 is 1.31 bits per heavy atom. The number of ether oxygens (including phenoxy) is 1. The molecule has 3 nitrogen and oxygen atoms in total. The van der Waals surface area contributed by atoms with Crippen LogP contribution >= 0.6 is 0 Å². The van der Waals surface area contributed by atoms with Gasteiger partial charge in [-0.05, 0) is 37.1 Å². The minimum atomic E-state index is 0.451. The lowest BCUT2D eigenvalue weighted by Gasteiger charge is -2.12. The maximum atomic E-state index is 5.41. The summed E-state index contributed by atoms with van der Waals surface area (Å²) in [6.45, 7) is 4.54. The van der Waals surface area contributed by atoms with E-state index in [1.807, 2.05) is 19.1 Å². The van der Waals surface area contributed by atoms with Gasteiger partial charge in [-0.15, -0.1) is 0 Å². The van der Waals surface area contributed by atoms with E-state index in [0.29, 0.717) is 6.67 Å². The van der Waals surface area contributed by atoms with Crippen LogP contribution < -0.4 is 15.8 Å². The molecule has 0 amide bonds. The molecule has 0 saturated carbocycles. The summed E-state index contributed by atoms with van der Waals surface area (Å²) in [7, 11) is 1.68. The average Bonchev–Trinajstić information content (AvgIpc) is 2.14. The maximum Gasteiger partial charge on any atom is 0.122 e. The van der Waals surface area contributed by atoms with E-state index >= 15 is 0 Å². The van der Waals surface area contributed by atoms with Crippen LogP contribution in [-0.4, -0.2) is 13.8 Å². The molecule has 0 radical (unpaired) electrons. The average molecular weight is 180 g/mol. The smallest absolute Gasteiger partial charge is 0.122 e. The number of nitrogens with one attached hydrogen (secondary N) is 1. The number of methoxy groups -OCH3 is 1. The quantitative estimate of drug-likeness (QED) is 0.695. The van der Waals surface area contributed by atoms with Crippen molar-refractivity contribution in [2.24, 2.45) is 5.73 Å². The molecule has 0 aromatic heterocycles. The summed E-state index contributed by atoms with van der Waals surface area (Å²) in [5.74, 6) is 0.917. The first-order valence-corrected chi connectivity index (χ1v) is 4.28. The minimum absolute atomic E-state index is 0.451. The largest absolute Gasteiger partial charge is 0.496 e. The standard InChI is InChI=1S/C10H16N2O/c1-7-8(2)10(13-3)5-4-9(7)12-6-11/h4-5,12H,6,11H2,1-3H3. The predicted molar refractivity (Wildman–Crippen MR) is 55.1 cm³/mol. The summed E-state index contributed by atoms with van der Waals surface area (Å²) in [5.41, 5.74) is 8.82. The Kier molecular flexibility index (Phi) is 3.14. The van der Waals surface area contributed by atoms with Crippen molar-refractivity contribution in [2.45, 2.75) is 13.8 Å². The van der Waals surface area contributed by atoms with E-state index in [-0.39, 0.29) is 0 Å². The normalized spacial score (nSPS) is 9.85.